The molecule has 2 rings (SSSR count). The van der Waals surface area contributed by atoms with Gasteiger partial charge in [-0.1, -0.05) is 22.9 Å². The van der Waals surface area contributed by atoms with Gasteiger partial charge in [0.1, 0.15) is 5.82 Å². The molecule has 0 aliphatic rings. The monoisotopic (exact) mass is 307 g/mol. The van der Waals surface area contributed by atoms with Crippen molar-refractivity contribution >= 4 is 38.6 Å². The first-order chi connectivity index (χ1) is 8.38. The zero-order valence-corrected chi connectivity index (χ0v) is 11.4. The van der Waals surface area contributed by atoms with Gasteiger partial charge < -0.3 is 0 Å². The zero-order valence-electron chi connectivity index (χ0n) is 9.02. The summed E-state index contributed by atoms with van der Waals surface area (Å²) < 4.78 is 39.2. The van der Waals surface area contributed by atoms with Gasteiger partial charge in [0.15, 0.2) is 8.68 Å². The van der Waals surface area contributed by atoms with Gasteiger partial charge in [0.25, 0.3) is 10.0 Å². The number of aryl methyl sites for hydroxylation is 1. The van der Waals surface area contributed by atoms with Gasteiger partial charge in [-0.3, -0.25) is 9.71 Å². The Kier molecular flexibility index (Phi) is 3.51. The van der Waals surface area contributed by atoms with E-state index in [1.165, 1.54) is 13.1 Å². The van der Waals surface area contributed by atoms with Crippen molar-refractivity contribution in [3.63, 3.8) is 0 Å². The number of hydrogen-bond donors (Lipinski definition) is 1. The van der Waals surface area contributed by atoms with Crippen molar-refractivity contribution in [3.05, 3.63) is 34.4 Å². The van der Waals surface area contributed by atoms with Crippen molar-refractivity contribution in [2.24, 2.45) is 0 Å². The van der Waals surface area contributed by atoms with E-state index in [2.05, 4.69) is 14.7 Å². The van der Waals surface area contributed by atoms with Crippen LogP contribution >= 0.6 is 22.9 Å². The predicted octanol–water partition coefficient (Wildman–Crippen LogP) is 2.44. The fourth-order valence-electron chi connectivity index (χ4n) is 1.27. The third kappa shape index (κ3) is 2.77. The first kappa shape index (κ1) is 13.2. The molecule has 1 N–H and O–H groups in total. The van der Waals surface area contributed by atoms with Gasteiger partial charge in [-0.2, -0.15) is 0 Å². The van der Waals surface area contributed by atoms with Crippen molar-refractivity contribution in [1.82, 2.24) is 9.97 Å². The molecular formula is C9H7ClFN3O2S2. The Morgan fingerprint density at radius 1 is 1.44 bits per heavy atom. The van der Waals surface area contributed by atoms with Crippen LogP contribution in [0.5, 0.6) is 0 Å². The molecule has 0 radical (unpaired) electrons. The SMILES string of the molecule is Cc1nc(Cl)sc1S(=O)(=O)Nc1cncc(F)c1. The average molecular weight is 308 g/mol. The molecule has 0 saturated carbocycles. The summed E-state index contributed by atoms with van der Waals surface area (Å²) in [5.41, 5.74) is 0.334. The molecule has 18 heavy (non-hydrogen) atoms. The smallest absolute Gasteiger partial charge is 0.273 e. The molecule has 0 aromatic carbocycles. The highest BCUT2D eigenvalue weighted by Crippen LogP contribution is 2.28. The van der Waals surface area contributed by atoms with Crippen LogP contribution in [0, 0.1) is 12.7 Å². The maximum absolute atomic E-state index is 12.9. The summed E-state index contributed by atoms with van der Waals surface area (Å²) in [6.45, 7) is 1.53. The highest BCUT2D eigenvalue weighted by atomic mass is 35.5. The fourth-order valence-corrected chi connectivity index (χ4v) is 4.04. The summed E-state index contributed by atoms with van der Waals surface area (Å²) in [6, 6.07) is 1.03. The topological polar surface area (TPSA) is 72.0 Å². The minimum absolute atomic E-state index is 0.00300. The first-order valence-corrected chi connectivity index (χ1v) is 7.32. The van der Waals surface area contributed by atoms with E-state index in [1.807, 2.05) is 0 Å². The Bertz CT molecular complexity index is 687. The molecule has 2 heterocycles. The Balaban J connectivity index is 2.36. The molecule has 5 nitrogen and oxygen atoms in total. The minimum atomic E-state index is -3.83. The van der Waals surface area contributed by atoms with Crippen molar-refractivity contribution in [1.29, 1.82) is 0 Å². The molecule has 0 aliphatic heterocycles. The Labute approximate surface area is 112 Å². The molecule has 96 valence electrons. The van der Waals surface area contributed by atoms with Crippen LogP contribution in [-0.4, -0.2) is 18.4 Å². The lowest BCUT2D eigenvalue weighted by Gasteiger charge is -2.05. The predicted molar refractivity (Wildman–Crippen MR) is 66.9 cm³/mol. The molecule has 2 aromatic heterocycles. The highest BCUT2D eigenvalue weighted by molar-refractivity contribution is 7.94. The number of sulfonamides is 1. The molecule has 0 spiro atoms. The maximum atomic E-state index is 12.9. The normalized spacial score (nSPS) is 11.5. The van der Waals surface area contributed by atoms with E-state index in [1.54, 1.807) is 0 Å². The molecule has 0 aliphatic carbocycles. The van der Waals surface area contributed by atoms with Gasteiger partial charge in [0.2, 0.25) is 0 Å². The maximum Gasteiger partial charge on any atom is 0.273 e. The van der Waals surface area contributed by atoms with Crippen LogP contribution in [0.2, 0.25) is 4.47 Å². The van der Waals surface area contributed by atoms with Gasteiger partial charge in [-0.25, -0.2) is 17.8 Å². The number of halogens is 2. The third-order valence-corrected chi connectivity index (χ3v) is 5.18. The van der Waals surface area contributed by atoms with Crippen LogP contribution in [0.1, 0.15) is 5.69 Å². The van der Waals surface area contributed by atoms with Crippen LogP contribution in [0.25, 0.3) is 0 Å². The van der Waals surface area contributed by atoms with Gasteiger partial charge in [0, 0.05) is 6.07 Å². The van der Waals surface area contributed by atoms with E-state index in [0.29, 0.717) is 5.69 Å². The fraction of sp³-hybridized carbons (Fsp3) is 0.111. The van der Waals surface area contributed by atoms with Crippen molar-refractivity contribution < 1.29 is 12.8 Å². The second kappa shape index (κ2) is 4.79. The lowest BCUT2D eigenvalue weighted by Crippen LogP contribution is -2.13. The van der Waals surface area contributed by atoms with Crippen molar-refractivity contribution in [2.75, 3.05) is 4.72 Å². The molecule has 0 atom stereocenters. The summed E-state index contributed by atoms with van der Waals surface area (Å²) in [5.74, 6) is -0.630. The van der Waals surface area contributed by atoms with Crippen LogP contribution < -0.4 is 4.72 Å². The molecule has 0 bridgehead atoms. The number of thiazole rings is 1. The van der Waals surface area contributed by atoms with Crippen molar-refractivity contribution in [2.45, 2.75) is 11.1 Å². The van der Waals surface area contributed by atoms with Gasteiger partial charge >= 0.3 is 0 Å². The van der Waals surface area contributed by atoms with E-state index in [-0.39, 0.29) is 14.4 Å². The van der Waals surface area contributed by atoms with Crippen LogP contribution in [0.4, 0.5) is 10.1 Å². The summed E-state index contributed by atoms with van der Waals surface area (Å²) in [7, 11) is -3.83. The number of aromatic nitrogens is 2. The lowest BCUT2D eigenvalue weighted by molar-refractivity contribution is 0.602. The second-order valence-corrected chi connectivity index (χ2v) is 6.80. The van der Waals surface area contributed by atoms with Crippen LogP contribution in [-0.2, 0) is 10.0 Å². The molecule has 9 heteroatoms. The summed E-state index contributed by atoms with van der Waals surface area (Å²) in [5, 5.41) is 0. The van der Waals surface area contributed by atoms with E-state index < -0.39 is 15.8 Å². The number of rotatable bonds is 3. The quantitative estimate of drug-likeness (QED) is 0.945. The lowest BCUT2D eigenvalue weighted by atomic mass is 10.4. The van der Waals surface area contributed by atoms with Crippen LogP contribution in [0.15, 0.2) is 22.7 Å². The standard InChI is InChI=1S/C9H7ClFN3O2S2/c1-5-8(17-9(10)13-5)18(15,16)14-7-2-6(11)3-12-4-7/h2-4,14H,1H3. The molecule has 0 amide bonds. The second-order valence-electron chi connectivity index (χ2n) is 3.34. The van der Waals surface area contributed by atoms with E-state index in [0.717, 1.165) is 23.6 Å². The molecule has 2 aromatic rings. The van der Waals surface area contributed by atoms with E-state index in [4.69, 9.17) is 11.6 Å². The third-order valence-electron chi connectivity index (χ3n) is 1.93. The molecule has 0 fully saturated rings. The van der Waals surface area contributed by atoms with Crippen molar-refractivity contribution in [3.8, 4) is 0 Å². The number of anilines is 1. The Hall–Kier alpha value is -1.25. The summed E-state index contributed by atoms with van der Waals surface area (Å²) in [4.78, 5) is 7.36. The molecule has 0 saturated heterocycles. The number of pyridine rings is 1. The highest BCUT2D eigenvalue weighted by Gasteiger charge is 2.21. The summed E-state index contributed by atoms with van der Waals surface area (Å²) in [6.07, 6.45) is 2.19. The zero-order chi connectivity index (χ0) is 13.3. The van der Waals surface area contributed by atoms with E-state index in [9.17, 15) is 12.8 Å². The number of hydrogen-bond acceptors (Lipinski definition) is 5. The van der Waals surface area contributed by atoms with Crippen LogP contribution in [0.3, 0.4) is 0 Å². The largest absolute Gasteiger partial charge is 0.277 e. The van der Waals surface area contributed by atoms with Gasteiger partial charge in [0.05, 0.1) is 23.8 Å². The summed E-state index contributed by atoms with van der Waals surface area (Å²) >= 11 is 6.48. The minimum Gasteiger partial charge on any atom is -0.277 e. The van der Waals surface area contributed by atoms with Gasteiger partial charge in [-0.15, -0.1) is 0 Å². The molecular weight excluding hydrogens is 301 g/mol. The van der Waals surface area contributed by atoms with E-state index >= 15 is 0 Å². The Morgan fingerprint density at radius 3 is 2.72 bits per heavy atom. The Morgan fingerprint density at radius 2 is 2.17 bits per heavy atom. The van der Waals surface area contributed by atoms with Gasteiger partial charge in [-0.05, 0) is 6.92 Å². The number of nitrogens with zero attached hydrogens (tertiary/aromatic N) is 2. The number of nitrogens with one attached hydrogen (secondary N) is 1. The first-order valence-electron chi connectivity index (χ1n) is 4.65. The average Bonchev–Trinajstić information content (AvgIpc) is 2.58. The molecule has 0 unspecified atom stereocenters.